The monoisotopic (exact) mass is 328 g/mol. The molecular weight excluding hydrogens is 311 g/mol. The first-order valence-corrected chi connectivity index (χ1v) is 7.57. The fourth-order valence-electron chi connectivity index (χ4n) is 2.83. The number of nitrogens with one attached hydrogen (secondary N) is 2. The Morgan fingerprint density at radius 2 is 2.12 bits per heavy atom. The number of amides is 2. The number of methoxy groups -OCH3 is 1. The van der Waals surface area contributed by atoms with Crippen LogP contribution in [-0.4, -0.2) is 18.9 Å². The first-order valence-electron chi connectivity index (χ1n) is 7.57. The van der Waals surface area contributed by atoms with Crippen LogP contribution in [0.15, 0.2) is 42.5 Å². The van der Waals surface area contributed by atoms with Crippen LogP contribution in [0.25, 0.3) is 0 Å². The minimum Gasteiger partial charge on any atom is -0.496 e. The fourth-order valence-corrected chi connectivity index (χ4v) is 2.83. The van der Waals surface area contributed by atoms with E-state index >= 15 is 0 Å². The van der Waals surface area contributed by atoms with Crippen LogP contribution >= 0.6 is 0 Å². The molecule has 2 N–H and O–H groups in total. The van der Waals surface area contributed by atoms with Gasteiger partial charge >= 0.3 is 0 Å². The maximum absolute atomic E-state index is 13.3. The summed E-state index contributed by atoms with van der Waals surface area (Å²) in [5, 5.41) is 5.43. The molecule has 1 atom stereocenters. The summed E-state index contributed by atoms with van der Waals surface area (Å²) < 4.78 is 18.6. The molecule has 3 rings (SSSR count). The number of carbonyl (C=O) groups is 2. The zero-order chi connectivity index (χ0) is 17.1. The quantitative estimate of drug-likeness (QED) is 0.906. The summed E-state index contributed by atoms with van der Waals surface area (Å²) in [5.41, 5.74) is 1.81. The van der Waals surface area contributed by atoms with Crippen molar-refractivity contribution in [1.82, 2.24) is 5.32 Å². The number of benzene rings is 2. The van der Waals surface area contributed by atoms with Gasteiger partial charge in [-0.15, -0.1) is 0 Å². The minimum atomic E-state index is -0.635. The molecule has 124 valence electrons. The number of hydrogen-bond donors (Lipinski definition) is 2. The van der Waals surface area contributed by atoms with E-state index in [1.54, 1.807) is 7.11 Å². The van der Waals surface area contributed by atoms with E-state index in [9.17, 15) is 14.0 Å². The number of rotatable bonds is 4. The molecule has 5 nitrogen and oxygen atoms in total. The lowest BCUT2D eigenvalue weighted by molar-refractivity contribution is -0.126. The van der Waals surface area contributed by atoms with Gasteiger partial charge in [0.15, 0.2) is 0 Å². The van der Waals surface area contributed by atoms with Gasteiger partial charge in [-0.05, 0) is 23.8 Å². The highest BCUT2D eigenvalue weighted by Gasteiger charge is 2.30. The average Bonchev–Trinajstić information content (AvgIpc) is 2.58. The summed E-state index contributed by atoms with van der Waals surface area (Å²) in [6, 6.07) is 11.4. The number of carbonyl (C=O) groups excluding carboxylic acids is 2. The van der Waals surface area contributed by atoms with Gasteiger partial charge in [0, 0.05) is 24.2 Å². The molecular formula is C18H17FN2O3. The molecule has 2 amide bonds. The molecule has 0 saturated heterocycles. The first kappa shape index (κ1) is 16.0. The van der Waals surface area contributed by atoms with E-state index < -0.39 is 11.7 Å². The fraction of sp³-hybridized carbons (Fsp3) is 0.222. The van der Waals surface area contributed by atoms with Gasteiger partial charge in [0.1, 0.15) is 11.6 Å². The summed E-state index contributed by atoms with van der Waals surface area (Å²) in [7, 11) is 1.57. The molecule has 0 bridgehead atoms. The number of fused-ring (bicyclic) bond motifs is 1. The van der Waals surface area contributed by atoms with Crippen LogP contribution in [0.3, 0.4) is 0 Å². The van der Waals surface area contributed by atoms with Gasteiger partial charge in [-0.3, -0.25) is 9.59 Å². The maximum Gasteiger partial charge on any atom is 0.228 e. The summed E-state index contributed by atoms with van der Waals surface area (Å²) in [6.07, 6.45) is 0.0381. The van der Waals surface area contributed by atoms with Crippen LogP contribution < -0.4 is 15.4 Å². The Balaban J connectivity index is 1.77. The number of anilines is 1. The van der Waals surface area contributed by atoms with E-state index in [1.807, 2.05) is 24.3 Å². The van der Waals surface area contributed by atoms with Crippen molar-refractivity contribution in [3.05, 3.63) is 59.4 Å². The molecule has 2 aromatic carbocycles. The molecule has 1 aliphatic heterocycles. The minimum absolute atomic E-state index is 0.0381. The van der Waals surface area contributed by atoms with Crippen LogP contribution in [0.1, 0.15) is 23.5 Å². The Kier molecular flexibility index (Phi) is 4.46. The van der Waals surface area contributed by atoms with E-state index in [1.165, 1.54) is 18.2 Å². The third kappa shape index (κ3) is 3.22. The van der Waals surface area contributed by atoms with Gasteiger partial charge in [-0.2, -0.15) is 0 Å². The van der Waals surface area contributed by atoms with E-state index in [-0.39, 0.29) is 24.8 Å². The highest BCUT2D eigenvalue weighted by atomic mass is 19.1. The van der Waals surface area contributed by atoms with Crippen molar-refractivity contribution in [3.63, 3.8) is 0 Å². The number of halogens is 1. The highest BCUT2D eigenvalue weighted by molar-refractivity contribution is 6.01. The van der Waals surface area contributed by atoms with Gasteiger partial charge in [0.2, 0.25) is 11.8 Å². The van der Waals surface area contributed by atoms with Crippen molar-refractivity contribution >= 4 is 17.5 Å². The van der Waals surface area contributed by atoms with Crippen molar-refractivity contribution in [2.45, 2.75) is 18.9 Å². The van der Waals surface area contributed by atoms with Gasteiger partial charge < -0.3 is 15.4 Å². The number of para-hydroxylation sites is 1. The zero-order valence-corrected chi connectivity index (χ0v) is 13.1. The SMILES string of the molecule is COc1ccccc1CNC(=O)C1CC(=O)Nc2cc(F)ccc21. The summed E-state index contributed by atoms with van der Waals surface area (Å²) in [5.74, 6) is -0.982. The molecule has 0 radical (unpaired) electrons. The Morgan fingerprint density at radius 1 is 1.33 bits per heavy atom. The van der Waals surface area contributed by atoms with Crippen molar-refractivity contribution in [2.75, 3.05) is 12.4 Å². The number of hydrogen-bond acceptors (Lipinski definition) is 3. The van der Waals surface area contributed by atoms with Crippen LogP contribution in [0.5, 0.6) is 5.75 Å². The first-order chi connectivity index (χ1) is 11.6. The van der Waals surface area contributed by atoms with Crippen molar-refractivity contribution < 1.29 is 18.7 Å². The molecule has 0 spiro atoms. The molecule has 1 aliphatic rings. The van der Waals surface area contributed by atoms with Gasteiger partial charge in [-0.25, -0.2) is 4.39 Å². The van der Waals surface area contributed by atoms with Gasteiger partial charge in [0.25, 0.3) is 0 Å². The second kappa shape index (κ2) is 6.70. The van der Waals surface area contributed by atoms with E-state index in [2.05, 4.69) is 10.6 Å². The Hall–Kier alpha value is -2.89. The lowest BCUT2D eigenvalue weighted by Crippen LogP contribution is -2.34. The average molecular weight is 328 g/mol. The lowest BCUT2D eigenvalue weighted by atomic mass is 9.89. The molecule has 0 saturated carbocycles. The molecule has 1 heterocycles. The van der Waals surface area contributed by atoms with Crippen LogP contribution in [0.4, 0.5) is 10.1 Å². The molecule has 1 unspecified atom stereocenters. The molecule has 2 aromatic rings. The lowest BCUT2D eigenvalue weighted by Gasteiger charge is -2.25. The smallest absolute Gasteiger partial charge is 0.228 e. The van der Waals surface area contributed by atoms with E-state index in [0.29, 0.717) is 17.0 Å². The van der Waals surface area contributed by atoms with Crippen molar-refractivity contribution in [1.29, 1.82) is 0 Å². The Labute approximate surface area is 138 Å². The Bertz CT molecular complexity index is 792. The largest absolute Gasteiger partial charge is 0.496 e. The van der Waals surface area contributed by atoms with E-state index in [4.69, 9.17) is 4.74 Å². The van der Waals surface area contributed by atoms with E-state index in [0.717, 1.165) is 5.56 Å². The molecule has 0 aromatic heterocycles. The molecule has 24 heavy (non-hydrogen) atoms. The predicted molar refractivity (Wildman–Crippen MR) is 87.2 cm³/mol. The summed E-state index contributed by atoms with van der Waals surface area (Å²) in [4.78, 5) is 24.3. The summed E-state index contributed by atoms with van der Waals surface area (Å²) in [6.45, 7) is 0.289. The van der Waals surface area contributed by atoms with Gasteiger partial charge in [-0.1, -0.05) is 24.3 Å². The van der Waals surface area contributed by atoms with Crippen LogP contribution in [0, 0.1) is 5.82 Å². The van der Waals surface area contributed by atoms with Crippen molar-refractivity contribution in [3.8, 4) is 5.75 Å². The zero-order valence-electron chi connectivity index (χ0n) is 13.1. The molecule has 0 aliphatic carbocycles. The molecule has 0 fully saturated rings. The number of ether oxygens (including phenoxy) is 1. The predicted octanol–water partition coefficient (Wildman–Crippen LogP) is 2.58. The van der Waals surface area contributed by atoms with Crippen LogP contribution in [-0.2, 0) is 16.1 Å². The van der Waals surface area contributed by atoms with Crippen LogP contribution in [0.2, 0.25) is 0 Å². The van der Waals surface area contributed by atoms with Gasteiger partial charge in [0.05, 0.1) is 13.0 Å². The standard InChI is InChI=1S/C18H17FN2O3/c1-24-16-5-3-2-4-11(16)10-20-18(23)14-9-17(22)21-15-8-12(19)6-7-13(14)15/h2-8,14H,9-10H2,1H3,(H,20,23)(H,21,22). The Morgan fingerprint density at radius 3 is 2.92 bits per heavy atom. The third-order valence-corrected chi connectivity index (χ3v) is 4.02. The topological polar surface area (TPSA) is 67.4 Å². The molecule has 6 heteroatoms. The summed E-state index contributed by atoms with van der Waals surface area (Å²) >= 11 is 0. The van der Waals surface area contributed by atoms with Crippen molar-refractivity contribution in [2.24, 2.45) is 0 Å². The third-order valence-electron chi connectivity index (χ3n) is 4.02. The normalized spacial score (nSPS) is 16.1. The highest BCUT2D eigenvalue weighted by Crippen LogP contribution is 2.33. The second-order valence-electron chi connectivity index (χ2n) is 5.57. The second-order valence-corrected chi connectivity index (χ2v) is 5.57. The maximum atomic E-state index is 13.3.